The first kappa shape index (κ1) is 8.58. The number of nitrogens with zero attached hydrogens (tertiary/aromatic N) is 2. The largest absolute Gasteiger partial charge is 0.370 e. The average Bonchev–Trinajstić information content (AvgIpc) is 2.37. The molecule has 0 bridgehead atoms. The summed E-state index contributed by atoms with van der Waals surface area (Å²) < 4.78 is 0. The van der Waals surface area contributed by atoms with Crippen LogP contribution in [0.5, 0.6) is 0 Å². The topological polar surface area (TPSA) is 103 Å². The van der Waals surface area contributed by atoms with Gasteiger partial charge in [0.05, 0.1) is 6.04 Å². The molecule has 0 spiro atoms. The Morgan fingerprint density at radius 2 is 1.75 bits per heavy atom. The number of hydrogen-bond donors (Lipinski definition) is 3. The molecule has 0 unspecified atom stereocenters. The van der Waals surface area contributed by atoms with Gasteiger partial charge in [0.1, 0.15) is 0 Å². The van der Waals surface area contributed by atoms with Gasteiger partial charge in [0.2, 0.25) is 5.96 Å². The van der Waals surface area contributed by atoms with Gasteiger partial charge in [-0.05, 0) is 12.8 Å². The van der Waals surface area contributed by atoms with Crippen LogP contribution >= 0.6 is 0 Å². The summed E-state index contributed by atoms with van der Waals surface area (Å²) in [5.41, 5.74) is 15.7. The van der Waals surface area contributed by atoms with E-state index in [2.05, 4.69) is 22.1 Å². The summed E-state index contributed by atoms with van der Waals surface area (Å²) in [5, 5.41) is 0. The zero-order valence-corrected chi connectivity index (χ0v) is 6.77. The standard InChI is InChI=1S/C7H13N5/c8-6(9)12-7(10)11-5-3-1-2-4-5/h1-2,5H,3-4H2,(H6,8,9,10,11,12). The van der Waals surface area contributed by atoms with Crippen molar-refractivity contribution in [1.82, 2.24) is 0 Å². The molecule has 0 aliphatic heterocycles. The van der Waals surface area contributed by atoms with Crippen molar-refractivity contribution in [3.63, 3.8) is 0 Å². The van der Waals surface area contributed by atoms with Gasteiger partial charge >= 0.3 is 0 Å². The molecule has 0 atom stereocenters. The Kier molecular flexibility index (Phi) is 2.68. The molecule has 0 saturated heterocycles. The lowest BCUT2D eigenvalue weighted by Crippen LogP contribution is -2.27. The van der Waals surface area contributed by atoms with Crippen molar-refractivity contribution >= 4 is 11.9 Å². The lowest BCUT2D eigenvalue weighted by molar-refractivity contribution is 0.732. The number of aliphatic imine (C=N–C) groups is 2. The van der Waals surface area contributed by atoms with Crippen LogP contribution in [-0.2, 0) is 0 Å². The Morgan fingerprint density at radius 3 is 2.25 bits per heavy atom. The van der Waals surface area contributed by atoms with Crippen LogP contribution in [0.25, 0.3) is 0 Å². The van der Waals surface area contributed by atoms with Crippen LogP contribution in [0.4, 0.5) is 0 Å². The summed E-state index contributed by atoms with van der Waals surface area (Å²) in [4.78, 5) is 7.71. The number of nitrogens with two attached hydrogens (primary N) is 3. The van der Waals surface area contributed by atoms with Gasteiger partial charge in [-0.15, -0.1) is 0 Å². The number of hydrogen-bond acceptors (Lipinski definition) is 1. The van der Waals surface area contributed by atoms with E-state index in [4.69, 9.17) is 17.2 Å². The molecule has 5 nitrogen and oxygen atoms in total. The lowest BCUT2D eigenvalue weighted by Gasteiger charge is -2.01. The third kappa shape index (κ3) is 2.61. The van der Waals surface area contributed by atoms with Gasteiger partial charge in [0.25, 0.3) is 0 Å². The molecule has 6 N–H and O–H groups in total. The second-order valence-electron chi connectivity index (χ2n) is 2.62. The Morgan fingerprint density at radius 1 is 1.17 bits per heavy atom. The SMILES string of the molecule is NC(N)=NC(N)=NC1CC=CC1. The average molecular weight is 167 g/mol. The zero-order valence-electron chi connectivity index (χ0n) is 6.77. The Balaban J connectivity index is 2.50. The maximum absolute atomic E-state index is 5.43. The Hall–Kier alpha value is -1.52. The van der Waals surface area contributed by atoms with Crippen LogP contribution in [0.3, 0.4) is 0 Å². The van der Waals surface area contributed by atoms with Crippen LogP contribution in [0, 0.1) is 0 Å². The maximum Gasteiger partial charge on any atom is 0.218 e. The van der Waals surface area contributed by atoms with Crippen LogP contribution in [0.2, 0.25) is 0 Å². The molecule has 0 amide bonds. The van der Waals surface area contributed by atoms with E-state index in [-0.39, 0.29) is 18.0 Å². The molecule has 0 saturated carbocycles. The van der Waals surface area contributed by atoms with E-state index >= 15 is 0 Å². The summed E-state index contributed by atoms with van der Waals surface area (Å²) in [6.45, 7) is 0. The molecule has 0 aromatic carbocycles. The Bertz CT molecular complexity index is 228. The highest BCUT2D eigenvalue weighted by atomic mass is 15.1. The van der Waals surface area contributed by atoms with Crippen molar-refractivity contribution in [3.8, 4) is 0 Å². The summed E-state index contributed by atoms with van der Waals surface area (Å²) in [6, 6.07) is 0.216. The van der Waals surface area contributed by atoms with Gasteiger partial charge in [-0.3, -0.25) is 0 Å². The summed E-state index contributed by atoms with van der Waals surface area (Å²) in [5.74, 6) is 0.103. The second-order valence-corrected chi connectivity index (χ2v) is 2.62. The molecule has 0 aromatic rings. The molecule has 1 aliphatic carbocycles. The molecule has 0 aromatic heterocycles. The van der Waals surface area contributed by atoms with E-state index in [1.54, 1.807) is 0 Å². The highest BCUT2D eigenvalue weighted by Gasteiger charge is 2.08. The normalized spacial score (nSPS) is 18.2. The lowest BCUT2D eigenvalue weighted by atomic mass is 10.2. The smallest absolute Gasteiger partial charge is 0.218 e. The molecule has 0 heterocycles. The number of guanidine groups is 2. The maximum atomic E-state index is 5.43. The van der Waals surface area contributed by atoms with E-state index in [1.807, 2.05) is 0 Å². The van der Waals surface area contributed by atoms with Gasteiger partial charge in [-0.25, -0.2) is 4.99 Å². The highest BCUT2D eigenvalue weighted by Crippen LogP contribution is 2.12. The molecular formula is C7H13N5. The highest BCUT2D eigenvalue weighted by molar-refractivity contribution is 5.92. The summed E-state index contributed by atoms with van der Waals surface area (Å²) >= 11 is 0. The first-order chi connectivity index (χ1) is 5.68. The fourth-order valence-corrected chi connectivity index (χ4v) is 1.06. The fourth-order valence-electron chi connectivity index (χ4n) is 1.06. The third-order valence-electron chi connectivity index (χ3n) is 1.54. The van der Waals surface area contributed by atoms with Gasteiger partial charge < -0.3 is 17.2 Å². The minimum atomic E-state index is -0.0535. The molecule has 0 fully saturated rings. The van der Waals surface area contributed by atoms with Crippen molar-refractivity contribution in [2.24, 2.45) is 27.2 Å². The molecule has 12 heavy (non-hydrogen) atoms. The minimum Gasteiger partial charge on any atom is -0.370 e. The molecule has 0 radical (unpaired) electrons. The minimum absolute atomic E-state index is 0.0535. The van der Waals surface area contributed by atoms with Crippen LogP contribution in [0.15, 0.2) is 22.1 Å². The van der Waals surface area contributed by atoms with Gasteiger partial charge in [-0.2, -0.15) is 4.99 Å². The van der Waals surface area contributed by atoms with Crippen LogP contribution < -0.4 is 17.2 Å². The second kappa shape index (κ2) is 3.75. The van der Waals surface area contributed by atoms with Crippen LogP contribution in [0.1, 0.15) is 12.8 Å². The van der Waals surface area contributed by atoms with E-state index in [0.717, 1.165) is 12.8 Å². The third-order valence-corrected chi connectivity index (χ3v) is 1.54. The van der Waals surface area contributed by atoms with E-state index in [9.17, 15) is 0 Å². The fraction of sp³-hybridized carbons (Fsp3) is 0.429. The number of rotatable bonds is 1. The van der Waals surface area contributed by atoms with Gasteiger partial charge in [-0.1, -0.05) is 12.2 Å². The first-order valence-corrected chi connectivity index (χ1v) is 3.76. The Labute approximate surface area is 71.0 Å². The zero-order chi connectivity index (χ0) is 8.97. The first-order valence-electron chi connectivity index (χ1n) is 3.76. The van der Waals surface area contributed by atoms with E-state index in [0.29, 0.717) is 0 Å². The van der Waals surface area contributed by atoms with Gasteiger partial charge in [0.15, 0.2) is 5.96 Å². The van der Waals surface area contributed by atoms with E-state index in [1.165, 1.54) is 0 Å². The predicted octanol–water partition coefficient (Wildman–Crippen LogP) is -0.707. The van der Waals surface area contributed by atoms with Gasteiger partial charge in [0, 0.05) is 0 Å². The monoisotopic (exact) mass is 167 g/mol. The predicted molar refractivity (Wildman–Crippen MR) is 49.6 cm³/mol. The quantitative estimate of drug-likeness (QED) is 0.273. The van der Waals surface area contributed by atoms with Crippen molar-refractivity contribution in [3.05, 3.63) is 12.2 Å². The van der Waals surface area contributed by atoms with Crippen molar-refractivity contribution in [2.75, 3.05) is 0 Å². The molecule has 66 valence electrons. The molecule has 5 heteroatoms. The van der Waals surface area contributed by atoms with Crippen molar-refractivity contribution in [1.29, 1.82) is 0 Å². The molecule has 1 aliphatic rings. The summed E-state index contributed by atoms with van der Waals surface area (Å²) in [7, 11) is 0. The molecule has 1 rings (SSSR count). The molecular weight excluding hydrogens is 154 g/mol. The van der Waals surface area contributed by atoms with Crippen molar-refractivity contribution < 1.29 is 0 Å². The van der Waals surface area contributed by atoms with Crippen LogP contribution in [-0.4, -0.2) is 18.0 Å². The van der Waals surface area contributed by atoms with Crippen molar-refractivity contribution in [2.45, 2.75) is 18.9 Å². The van der Waals surface area contributed by atoms with E-state index < -0.39 is 0 Å². The summed E-state index contributed by atoms with van der Waals surface area (Å²) in [6.07, 6.45) is 5.97.